The van der Waals surface area contributed by atoms with E-state index in [4.69, 9.17) is 9.47 Å². The summed E-state index contributed by atoms with van der Waals surface area (Å²) in [4.78, 5) is 11.3. The van der Waals surface area contributed by atoms with Crippen LogP contribution >= 0.6 is 23.5 Å². The molecule has 20 heavy (non-hydrogen) atoms. The van der Waals surface area contributed by atoms with Crippen LogP contribution in [-0.4, -0.2) is 41.4 Å². The molecule has 2 atom stereocenters. The van der Waals surface area contributed by atoms with Crippen LogP contribution in [-0.2, 0) is 14.3 Å². The molecule has 0 amide bonds. The first-order chi connectivity index (χ1) is 9.84. The highest BCUT2D eigenvalue weighted by Crippen LogP contribution is 2.47. The average Bonchev–Trinajstić information content (AvgIpc) is 3.18. The van der Waals surface area contributed by atoms with Gasteiger partial charge in [0.05, 0.1) is 17.8 Å². The largest absolute Gasteiger partial charge is 0.347 e. The molecule has 5 heteroatoms. The van der Waals surface area contributed by atoms with E-state index in [1.165, 1.54) is 30.8 Å². The van der Waals surface area contributed by atoms with Gasteiger partial charge in [0.25, 0.3) is 0 Å². The second-order valence-corrected chi connectivity index (χ2v) is 8.83. The van der Waals surface area contributed by atoms with E-state index >= 15 is 0 Å². The molecule has 0 aromatic carbocycles. The topological polar surface area (TPSA) is 35.5 Å². The number of rotatable bonds is 6. The van der Waals surface area contributed by atoms with Gasteiger partial charge in [0.2, 0.25) is 0 Å². The molecule has 3 rings (SSSR count). The van der Waals surface area contributed by atoms with Crippen molar-refractivity contribution in [1.82, 2.24) is 0 Å². The van der Waals surface area contributed by atoms with Crippen molar-refractivity contribution in [3.8, 4) is 0 Å². The van der Waals surface area contributed by atoms with Crippen molar-refractivity contribution in [1.29, 1.82) is 0 Å². The van der Waals surface area contributed by atoms with Gasteiger partial charge in [0, 0.05) is 29.8 Å². The molecule has 3 nitrogen and oxygen atoms in total. The van der Waals surface area contributed by atoms with E-state index in [1.54, 1.807) is 0 Å². The Bertz CT molecular complexity index is 325. The summed E-state index contributed by atoms with van der Waals surface area (Å²) in [6.45, 7) is 1.38. The van der Waals surface area contributed by atoms with Gasteiger partial charge in [0.1, 0.15) is 6.29 Å². The van der Waals surface area contributed by atoms with Gasteiger partial charge in [-0.15, -0.1) is 23.5 Å². The van der Waals surface area contributed by atoms with Crippen molar-refractivity contribution in [3.63, 3.8) is 0 Å². The summed E-state index contributed by atoms with van der Waals surface area (Å²) in [6, 6.07) is 0. The number of ether oxygens (including phenoxy) is 2. The summed E-state index contributed by atoms with van der Waals surface area (Å²) in [6.07, 6.45) is 7.81. The molecular formula is C15H24O3S2. The molecule has 2 saturated heterocycles. The number of aldehydes is 1. The Balaban J connectivity index is 1.47. The molecule has 0 aromatic rings. The monoisotopic (exact) mass is 316 g/mol. The lowest BCUT2D eigenvalue weighted by Crippen LogP contribution is -2.37. The van der Waals surface area contributed by atoms with E-state index in [0.717, 1.165) is 30.1 Å². The number of thioether (sulfide) groups is 2. The molecule has 0 bridgehead atoms. The third-order valence-corrected chi connectivity index (χ3v) is 7.92. The lowest BCUT2D eigenvalue weighted by molar-refractivity contribution is -0.187. The molecule has 2 aliphatic heterocycles. The quantitative estimate of drug-likeness (QED) is 0.555. The fourth-order valence-corrected chi connectivity index (χ4v) is 6.68. The normalized spacial score (nSPS) is 33.2. The Morgan fingerprint density at radius 1 is 1.10 bits per heavy atom. The molecule has 1 spiro atoms. The van der Waals surface area contributed by atoms with Gasteiger partial charge in [-0.25, -0.2) is 0 Å². The van der Waals surface area contributed by atoms with E-state index in [0.29, 0.717) is 13.2 Å². The summed E-state index contributed by atoms with van der Waals surface area (Å²) >= 11 is 4.21. The Labute approximate surface area is 129 Å². The minimum Gasteiger partial charge on any atom is -0.347 e. The zero-order valence-electron chi connectivity index (χ0n) is 11.9. The van der Waals surface area contributed by atoms with Crippen LogP contribution in [0.25, 0.3) is 0 Å². The average molecular weight is 316 g/mol. The number of unbranched alkanes of at least 4 members (excludes halogenated alkanes) is 1. The summed E-state index contributed by atoms with van der Waals surface area (Å²) in [5, 5.41) is 0. The lowest BCUT2D eigenvalue weighted by atomic mass is 9.88. The third kappa shape index (κ3) is 3.21. The van der Waals surface area contributed by atoms with Crippen molar-refractivity contribution >= 4 is 29.8 Å². The third-order valence-electron chi connectivity index (χ3n) is 4.75. The van der Waals surface area contributed by atoms with Gasteiger partial charge in [-0.1, -0.05) is 12.8 Å². The Morgan fingerprint density at radius 2 is 1.80 bits per heavy atom. The molecule has 114 valence electrons. The van der Waals surface area contributed by atoms with Crippen LogP contribution in [0.15, 0.2) is 0 Å². The Kier molecular flexibility index (Phi) is 5.34. The van der Waals surface area contributed by atoms with Crippen molar-refractivity contribution in [2.45, 2.75) is 48.9 Å². The Hall–Kier alpha value is 0.290. The highest BCUT2D eigenvalue weighted by atomic mass is 32.2. The molecule has 2 heterocycles. The number of hydrogen-bond acceptors (Lipinski definition) is 5. The molecule has 0 N–H and O–H groups in total. The van der Waals surface area contributed by atoms with Gasteiger partial charge < -0.3 is 14.3 Å². The van der Waals surface area contributed by atoms with Crippen LogP contribution in [0.4, 0.5) is 0 Å². The molecule has 0 aromatic heterocycles. The van der Waals surface area contributed by atoms with Crippen LogP contribution in [0.2, 0.25) is 0 Å². The maximum absolute atomic E-state index is 11.3. The lowest BCUT2D eigenvalue weighted by Gasteiger charge is -2.31. The van der Waals surface area contributed by atoms with E-state index in [-0.39, 0.29) is 11.8 Å². The fourth-order valence-electron chi connectivity index (χ4n) is 3.76. The first-order valence-corrected chi connectivity index (χ1v) is 9.90. The predicted octanol–water partition coefficient (Wildman–Crippen LogP) is 3.32. The maximum Gasteiger partial charge on any atom is 0.171 e. The standard InChI is InChI=1S/C15H24O3S2/c16-11-12-5-6-15(17-7-8-18-15)13(12)3-1-2-4-14-19-9-10-20-14/h11-14H,1-10H2. The van der Waals surface area contributed by atoms with Crippen LogP contribution in [0.1, 0.15) is 38.5 Å². The smallest absolute Gasteiger partial charge is 0.171 e. The number of hydrogen-bond donors (Lipinski definition) is 0. The number of carbonyl (C=O) groups excluding carboxylic acids is 1. The molecule has 1 saturated carbocycles. The van der Waals surface area contributed by atoms with Gasteiger partial charge in [-0.2, -0.15) is 0 Å². The second kappa shape index (κ2) is 7.03. The van der Waals surface area contributed by atoms with Gasteiger partial charge >= 0.3 is 0 Å². The number of carbonyl (C=O) groups is 1. The minimum atomic E-state index is -0.414. The maximum atomic E-state index is 11.3. The van der Waals surface area contributed by atoms with Crippen molar-refractivity contribution in [2.24, 2.45) is 11.8 Å². The van der Waals surface area contributed by atoms with Crippen molar-refractivity contribution < 1.29 is 14.3 Å². The van der Waals surface area contributed by atoms with Crippen molar-refractivity contribution in [3.05, 3.63) is 0 Å². The van der Waals surface area contributed by atoms with Gasteiger partial charge in [-0.05, 0) is 19.3 Å². The van der Waals surface area contributed by atoms with Crippen LogP contribution in [0.3, 0.4) is 0 Å². The molecule has 2 unspecified atom stereocenters. The summed E-state index contributed by atoms with van der Waals surface area (Å²) < 4.78 is 12.6. The molecule has 1 aliphatic carbocycles. The van der Waals surface area contributed by atoms with E-state index in [2.05, 4.69) is 23.5 Å². The zero-order chi connectivity index (χ0) is 13.8. The van der Waals surface area contributed by atoms with Gasteiger partial charge in [0.15, 0.2) is 5.79 Å². The first-order valence-electron chi connectivity index (χ1n) is 7.80. The molecule has 3 aliphatic rings. The SMILES string of the molecule is O=CC1CCC2(OCCO2)C1CCCCC1SCCS1. The fraction of sp³-hybridized carbons (Fsp3) is 0.933. The van der Waals surface area contributed by atoms with Crippen molar-refractivity contribution in [2.75, 3.05) is 24.7 Å². The molecular weight excluding hydrogens is 292 g/mol. The summed E-state index contributed by atoms with van der Waals surface area (Å²) in [5.74, 6) is 2.64. The van der Waals surface area contributed by atoms with Crippen LogP contribution in [0, 0.1) is 11.8 Å². The Morgan fingerprint density at radius 3 is 2.50 bits per heavy atom. The molecule has 0 radical (unpaired) electrons. The van der Waals surface area contributed by atoms with E-state index in [9.17, 15) is 4.79 Å². The van der Waals surface area contributed by atoms with Gasteiger partial charge in [-0.3, -0.25) is 0 Å². The van der Waals surface area contributed by atoms with Crippen LogP contribution < -0.4 is 0 Å². The first kappa shape index (κ1) is 15.2. The molecule has 3 fully saturated rings. The van der Waals surface area contributed by atoms with Crippen LogP contribution in [0.5, 0.6) is 0 Å². The minimum absolute atomic E-state index is 0.142. The van der Waals surface area contributed by atoms with E-state index < -0.39 is 5.79 Å². The van der Waals surface area contributed by atoms with E-state index in [1.807, 2.05) is 0 Å². The summed E-state index contributed by atoms with van der Waals surface area (Å²) in [7, 11) is 0. The second-order valence-electron chi connectivity index (χ2n) is 5.91. The zero-order valence-corrected chi connectivity index (χ0v) is 13.6. The summed E-state index contributed by atoms with van der Waals surface area (Å²) in [5.41, 5.74) is 0. The highest BCUT2D eigenvalue weighted by Gasteiger charge is 2.52. The predicted molar refractivity (Wildman–Crippen MR) is 84.1 cm³/mol. The highest BCUT2D eigenvalue weighted by molar-refractivity contribution is 8.20.